The molecule has 26 heavy (non-hydrogen) atoms. The fourth-order valence-corrected chi connectivity index (χ4v) is 2.97. The van der Waals surface area contributed by atoms with Crippen LogP contribution in [0.25, 0.3) is 11.1 Å². The van der Waals surface area contributed by atoms with E-state index in [1.807, 2.05) is 26.8 Å². The molecule has 0 saturated carbocycles. The fraction of sp³-hybridized carbons (Fsp3) is 0.381. The van der Waals surface area contributed by atoms with Crippen molar-refractivity contribution in [2.75, 3.05) is 16.8 Å². The molecule has 0 radical (unpaired) electrons. The van der Waals surface area contributed by atoms with E-state index in [0.29, 0.717) is 6.54 Å². The monoisotopic (exact) mass is 393 g/mol. The van der Waals surface area contributed by atoms with Crippen molar-refractivity contribution in [1.29, 1.82) is 0 Å². The molecule has 0 atom stereocenters. The van der Waals surface area contributed by atoms with Gasteiger partial charge in [0.15, 0.2) is 0 Å². The van der Waals surface area contributed by atoms with Gasteiger partial charge in [0, 0.05) is 6.54 Å². The van der Waals surface area contributed by atoms with Gasteiger partial charge in [0.05, 0.1) is 11.0 Å². The standard InChI is InChI=1S/C20H23NO2.CH2Cl2/c1-14-7-5-6-8-17(14)15-9-10-18-16(13-15)11-12-21(18)19(22)23-20(2,3)4;2-1-3/h5-10,13H,11-12H2,1-4H3;1H2. The summed E-state index contributed by atoms with van der Waals surface area (Å²) >= 11 is 9.53. The Hall–Kier alpha value is -1.71. The van der Waals surface area contributed by atoms with Crippen LogP contribution in [-0.2, 0) is 11.2 Å². The van der Waals surface area contributed by atoms with E-state index in [0.717, 1.165) is 12.1 Å². The summed E-state index contributed by atoms with van der Waals surface area (Å²) in [4.78, 5) is 14.1. The zero-order valence-corrected chi connectivity index (χ0v) is 17.2. The lowest BCUT2D eigenvalue weighted by Crippen LogP contribution is -2.35. The second-order valence-corrected chi connectivity index (χ2v) is 7.95. The molecule has 3 rings (SSSR count). The Bertz CT molecular complexity index is 769. The number of aryl methyl sites for hydroxylation is 1. The minimum Gasteiger partial charge on any atom is -0.443 e. The molecule has 3 nitrogen and oxygen atoms in total. The first-order valence-electron chi connectivity index (χ1n) is 8.58. The number of fused-ring (bicyclic) bond motifs is 1. The number of halogens is 2. The van der Waals surface area contributed by atoms with E-state index in [4.69, 9.17) is 27.9 Å². The summed E-state index contributed by atoms with van der Waals surface area (Å²) in [6, 6.07) is 14.7. The fourth-order valence-electron chi connectivity index (χ4n) is 2.97. The van der Waals surface area contributed by atoms with Crippen molar-refractivity contribution >= 4 is 35.0 Å². The van der Waals surface area contributed by atoms with Gasteiger partial charge in [0.2, 0.25) is 0 Å². The molecule has 140 valence electrons. The van der Waals surface area contributed by atoms with Crippen molar-refractivity contribution in [2.24, 2.45) is 0 Å². The highest BCUT2D eigenvalue weighted by Gasteiger charge is 2.29. The molecule has 1 aliphatic rings. The van der Waals surface area contributed by atoms with Crippen LogP contribution in [0.3, 0.4) is 0 Å². The maximum Gasteiger partial charge on any atom is 0.414 e. The molecule has 2 aromatic carbocycles. The third-order valence-corrected chi connectivity index (χ3v) is 4.04. The molecular formula is C21H25Cl2NO2. The van der Waals surface area contributed by atoms with Gasteiger partial charge >= 0.3 is 6.09 Å². The number of nitrogens with zero attached hydrogens (tertiary/aromatic N) is 1. The number of carbonyl (C=O) groups is 1. The summed E-state index contributed by atoms with van der Waals surface area (Å²) in [6.45, 7) is 8.48. The Morgan fingerprint density at radius 2 is 1.81 bits per heavy atom. The molecule has 0 aromatic heterocycles. The average Bonchev–Trinajstić information content (AvgIpc) is 2.97. The Morgan fingerprint density at radius 3 is 2.42 bits per heavy atom. The summed E-state index contributed by atoms with van der Waals surface area (Å²) in [5.74, 6) is 0. The predicted molar refractivity (Wildman–Crippen MR) is 110 cm³/mol. The van der Waals surface area contributed by atoms with Crippen molar-refractivity contribution in [3.8, 4) is 11.1 Å². The van der Waals surface area contributed by atoms with Crippen LogP contribution in [-0.4, -0.2) is 23.6 Å². The van der Waals surface area contributed by atoms with Crippen molar-refractivity contribution in [3.63, 3.8) is 0 Å². The van der Waals surface area contributed by atoms with Crippen LogP contribution in [0.5, 0.6) is 0 Å². The maximum atomic E-state index is 12.3. The first-order valence-corrected chi connectivity index (χ1v) is 9.65. The van der Waals surface area contributed by atoms with E-state index in [2.05, 4.69) is 43.3 Å². The lowest BCUT2D eigenvalue weighted by molar-refractivity contribution is 0.0584. The van der Waals surface area contributed by atoms with E-state index in [1.54, 1.807) is 4.90 Å². The Balaban J connectivity index is 0.000000758. The first-order chi connectivity index (χ1) is 12.3. The number of benzene rings is 2. The minimum absolute atomic E-state index is 0.194. The summed E-state index contributed by atoms with van der Waals surface area (Å²) in [6.07, 6.45) is 0.605. The van der Waals surface area contributed by atoms with Crippen LogP contribution in [0.15, 0.2) is 42.5 Å². The van der Waals surface area contributed by atoms with Crippen molar-refractivity contribution in [3.05, 3.63) is 53.6 Å². The highest BCUT2D eigenvalue weighted by Crippen LogP contribution is 2.34. The van der Waals surface area contributed by atoms with Crippen LogP contribution in [0.4, 0.5) is 10.5 Å². The number of carbonyl (C=O) groups excluding carboxylic acids is 1. The second kappa shape index (κ2) is 8.79. The van der Waals surface area contributed by atoms with E-state index < -0.39 is 5.60 Å². The molecule has 0 N–H and O–H groups in total. The van der Waals surface area contributed by atoms with Gasteiger partial charge in [-0.3, -0.25) is 4.90 Å². The molecule has 0 aliphatic carbocycles. The topological polar surface area (TPSA) is 29.5 Å². The number of ether oxygens (including phenoxy) is 1. The van der Waals surface area contributed by atoms with Crippen molar-refractivity contribution in [1.82, 2.24) is 0 Å². The minimum atomic E-state index is -0.471. The molecule has 0 fully saturated rings. The van der Waals surface area contributed by atoms with Crippen molar-refractivity contribution < 1.29 is 9.53 Å². The van der Waals surface area contributed by atoms with Gasteiger partial charge in [-0.25, -0.2) is 4.79 Å². The Kier molecular flexibility index (Phi) is 6.96. The molecule has 0 saturated heterocycles. The van der Waals surface area contributed by atoms with E-state index in [-0.39, 0.29) is 11.4 Å². The van der Waals surface area contributed by atoms with Gasteiger partial charge in [0.25, 0.3) is 0 Å². The summed E-state index contributed by atoms with van der Waals surface area (Å²) in [7, 11) is 0. The SMILES string of the molecule is Cc1ccccc1-c1ccc2c(c1)CCN2C(=O)OC(C)(C)C.ClCCl. The predicted octanol–water partition coefficient (Wildman–Crippen LogP) is 6.38. The number of hydrogen-bond acceptors (Lipinski definition) is 2. The Labute approximate surface area is 165 Å². The summed E-state index contributed by atoms with van der Waals surface area (Å²) < 4.78 is 5.50. The van der Waals surface area contributed by atoms with Gasteiger partial charge < -0.3 is 4.74 Å². The van der Waals surface area contributed by atoms with Gasteiger partial charge in [-0.15, -0.1) is 23.2 Å². The lowest BCUT2D eigenvalue weighted by Gasteiger charge is -2.24. The first kappa shape index (κ1) is 20.6. The van der Waals surface area contributed by atoms with Crippen LogP contribution < -0.4 is 4.90 Å². The number of rotatable bonds is 1. The lowest BCUT2D eigenvalue weighted by atomic mass is 9.98. The van der Waals surface area contributed by atoms with Gasteiger partial charge in [-0.05, 0) is 68.5 Å². The molecule has 1 heterocycles. The molecular weight excluding hydrogens is 369 g/mol. The van der Waals surface area contributed by atoms with E-state index in [1.165, 1.54) is 22.3 Å². The molecule has 0 unspecified atom stereocenters. The molecule has 0 bridgehead atoms. The quantitative estimate of drug-likeness (QED) is 0.525. The molecule has 1 amide bonds. The largest absolute Gasteiger partial charge is 0.443 e. The zero-order chi connectivity index (χ0) is 19.3. The van der Waals surface area contributed by atoms with Gasteiger partial charge in [-0.1, -0.05) is 30.3 Å². The van der Waals surface area contributed by atoms with Crippen LogP contribution in [0.1, 0.15) is 31.9 Å². The zero-order valence-electron chi connectivity index (χ0n) is 15.7. The molecule has 0 spiro atoms. The molecule has 2 aromatic rings. The molecule has 1 aliphatic heterocycles. The van der Waals surface area contributed by atoms with Crippen LogP contribution in [0, 0.1) is 6.92 Å². The maximum absolute atomic E-state index is 12.3. The smallest absolute Gasteiger partial charge is 0.414 e. The third-order valence-electron chi connectivity index (χ3n) is 4.04. The highest BCUT2D eigenvalue weighted by molar-refractivity contribution is 6.40. The highest BCUT2D eigenvalue weighted by atomic mass is 35.5. The summed E-state index contributed by atoms with van der Waals surface area (Å²) in [5.41, 5.74) is 5.41. The van der Waals surface area contributed by atoms with E-state index in [9.17, 15) is 4.79 Å². The van der Waals surface area contributed by atoms with Crippen molar-refractivity contribution in [2.45, 2.75) is 39.7 Å². The third kappa shape index (κ3) is 5.15. The number of hydrogen-bond donors (Lipinski definition) is 0. The summed E-state index contributed by atoms with van der Waals surface area (Å²) in [5, 5.41) is 0.194. The Morgan fingerprint density at radius 1 is 1.15 bits per heavy atom. The number of anilines is 1. The van der Waals surface area contributed by atoms with Crippen LogP contribution in [0.2, 0.25) is 0 Å². The van der Waals surface area contributed by atoms with Gasteiger partial charge in [-0.2, -0.15) is 0 Å². The van der Waals surface area contributed by atoms with E-state index >= 15 is 0 Å². The van der Waals surface area contributed by atoms with Gasteiger partial charge in [0.1, 0.15) is 5.60 Å². The second-order valence-electron chi connectivity index (χ2n) is 7.14. The van der Waals surface area contributed by atoms with Crippen LogP contribution >= 0.6 is 23.2 Å². The normalized spacial score (nSPS) is 12.9. The molecule has 5 heteroatoms. The number of amides is 1. The average molecular weight is 394 g/mol. The number of alkyl halides is 2.